The highest BCUT2D eigenvalue weighted by atomic mass is 32.2. The van der Waals surface area contributed by atoms with Crippen LogP contribution in [0.5, 0.6) is 0 Å². The number of thioether (sulfide) groups is 1. The molecule has 104 valence electrons. The molecule has 0 aliphatic carbocycles. The summed E-state index contributed by atoms with van der Waals surface area (Å²) in [6.45, 7) is 2.77. The molecule has 0 aromatic carbocycles. The van der Waals surface area contributed by atoms with E-state index in [2.05, 4.69) is 9.72 Å². The zero-order valence-electron chi connectivity index (χ0n) is 11.4. The summed E-state index contributed by atoms with van der Waals surface area (Å²) in [4.78, 5) is 29.3. The molecule has 0 aliphatic heterocycles. The van der Waals surface area contributed by atoms with Crippen LogP contribution in [0.25, 0.3) is 0 Å². The van der Waals surface area contributed by atoms with Gasteiger partial charge in [0.1, 0.15) is 5.03 Å². The first-order valence-corrected chi connectivity index (χ1v) is 7.21. The summed E-state index contributed by atoms with van der Waals surface area (Å²) in [5.41, 5.74) is 0.571. The number of aromatic nitrogens is 1. The normalized spacial score (nSPS) is 10.1. The van der Waals surface area contributed by atoms with Gasteiger partial charge in [-0.25, -0.2) is 4.98 Å². The van der Waals surface area contributed by atoms with Crippen molar-refractivity contribution in [2.75, 3.05) is 26.5 Å². The quantitative estimate of drug-likeness (QED) is 0.588. The molecule has 1 aromatic rings. The van der Waals surface area contributed by atoms with Gasteiger partial charge in [-0.05, 0) is 25.3 Å². The Kier molecular flexibility index (Phi) is 6.35. The number of hydrogen-bond donors (Lipinski definition) is 0. The van der Waals surface area contributed by atoms with Crippen LogP contribution in [-0.2, 0) is 9.53 Å². The van der Waals surface area contributed by atoms with Gasteiger partial charge >= 0.3 is 5.97 Å². The Morgan fingerprint density at radius 3 is 2.79 bits per heavy atom. The van der Waals surface area contributed by atoms with Crippen molar-refractivity contribution in [3.8, 4) is 0 Å². The lowest BCUT2D eigenvalue weighted by atomic mass is 10.2. The molecule has 0 spiro atoms. The summed E-state index contributed by atoms with van der Waals surface area (Å²) < 4.78 is 4.58. The number of esters is 1. The van der Waals surface area contributed by atoms with Crippen molar-refractivity contribution < 1.29 is 14.3 Å². The molecule has 0 aliphatic rings. The van der Waals surface area contributed by atoms with Crippen molar-refractivity contribution in [3.05, 3.63) is 23.9 Å². The van der Waals surface area contributed by atoms with Crippen LogP contribution in [0, 0.1) is 0 Å². The molecule has 0 fully saturated rings. The standard InChI is InChI=1S/C13H18N2O3S/c1-4-15(9-7-11(16)18-2)13(17)10-6-5-8-14-12(10)19-3/h5-6,8H,4,7,9H2,1-3H3. The van der Waals surface area contributed by atoms with Crippen molar-refractivity contribution in [2.24, 2.45) is 0 Å². The average molecular weight is 282 g/mol. The van der Waals surface area contributed by atoms with Gasteiger partial charge in [-0.3, -0.25) is 9.59 Å². The zero-order valence-corrected chi connectivity index (χ0v) is 12.2. The maximum Gasteiger partial charge on any atom is 0.307 e. The first kappa shape index (κ1) is 15.5. The van der Waals surface area contributed by atoms with Gasteiger partial charge in [0.2, 0.25) is 0 Å². The molecule has 0 unspecified atom stereocenters. The first-order chi connectivity index (χ1) is 9.13. The van der Waals surface area contributed by atoms with Crippen LogP contribution in [-0.4, -0.2) is 48.2 Å². The smallest absolute Gasteiger partial charge is 0.307 e. The van der Waals surface area contributed by atoms with E-state index in [1.807, 2.05) is 13.2 Å². The second-order valence-corrected chi connectivity index (χ2v) is 4.57. The number of nitrogens with zero attached hydrogens (tertiary/aromatic N) is 2. The largest absolute Gasteiger partial charge is 0.469 e. The molecule has 0 saturated carbocycles. The fourth-order valence-corrected chi connectivity index (χ4v) is 2.16. The minimum absolute atomic E-state index is 0.108. The lowest BCUT2D eigenvalue weighted by molar-refractivity contribution is -0.140. The maximum atomic E-state index is 12.4. The summed E-state index contributed by atoms with van der Waals surface area (Å²) in [7, 11) is 1.34. The van der Waals surface area contributed by atoms with Gasteiger partial charge in [-0.1, -0.05) is 0 Å². The van der Waals surface area contributed by atoms with Gasteiger partial charge in [-0.2, -0.15) is 0 Å². The molecule has 0 saturated heterocycles. The third-order valence-corrected chi connectivity index (χ3v) is 3.39. The Bertz CT molecular complexity index is 451. The Morgan fingerprint density at radius 2 is 2.21 bits per heavy atom. The molecular weight excluding hydrogens is 264 g/mol. The van der Waals surface area contributed by atoms with E-state index in [1.165, 1.54) is 18.9 Å². The fourth-order valence-electron chi connectivity index (χ4n) is 1.62. The van der Waals surface area contributed by atoms with Crippen LogP contribution in [0.1, 0.15) is 23.7 Å². The number of carbonyl (C=O) groups is 2. The van der Waals surface area contributed by atoms with Crippen molar-refractivity contribution in [1.82, 2.24) is 9.88 Å². The van der Waals surface area contributed by atoms with E-state index in [9.17, 15) is 9.59 Å². The van der Waals surface area contributed by atoms with E-state index in [-0.39, 0.29) is 18.3 Å². The highest BCUT2D eigenvalue weighted by Crippen LogP contribution is 2.18. The topological polar surface area (TPSA) is 59.5 Å². The Labute approximate surface area is 117 Å². The Morgan fingerprint density at radius 1 is 1.47 bits per heavy atom. The van der Waals surface area contributed by atoms with Crippen LogP contribution in [0.15, 0.2) is 23.4 Å². The fraction of sp³-hybridized carbons (Fsp3) is 0.462. The molecule has 19 heavy (non-hydrogen) atoms. The minimum atomic E-state index is -0.317. The van der Waals surface area contributed by atoms with Crippen LogP contribution < -0.4 is 0 Å². The molecule has 1 heterocycles. The predicted molar refractivity (Wildman–Crippen MR) is 74.2 cm³/mol. The number of ether oxygens (including phenoxy) is 1. The van der Waals surface area contributed by atoms with Crippen LogP contribution in [0.2, 0.25) is 0 Å². The lowest BCUT2D eigenvalue weighted by Crippen LogP contribution is -2.33. The van der Waals surface area contributed by atoms with E-state index in [4.69, 9.17) is 0 Å². The number of carbonyl (C=O) groups excluding carboxylic acids is 2. The summed E-state index contributed by atoms with van der Waals surface area (Å²) in [5, 5.41) is 0.698. The summed E-state index contributed by atoms with van der Waals surface area (Å²) >= 11 is 1.43. The molecule has 1 amide bonds. The molecule has 5 nitrogen and oxygen atoms in total. The average Bonchev–Trinajstić information content (AvgIpc) is 2.47. The second kappa shape index (κ2) is 7.78. The van der Waals surface area contributed by atoms with Crippen molar-refractivity contribution in [2.45, 2.75) is 18.4 Å². The summed E-state index contributed by atoms with van der Waals surface area (Å²) in [6.07, 6.45) is 3.74. The third kappa shape index (κ3) is 4.24. The van der Waals surface area contributed by atoms with Gasteiger partial charge in [-0.15, -0.1) is 11.8 Å². The molecule has 6 heteroatoms. The van der Waals surface area contributed by atoms with E-state index in [1.54, 1.807) is 23.2 Å². The Balaban J connectivity index is 2.80. The number of hydrogen-bond acceptors (Lipinski definition) is 5. The van der Waals surface area contributed by atoms with Crippen LogP contribution >= 0.6 is 11.8 Å². The van der Waals surface area contributed by atoms with Crippen LogP contribution in [0.4, 0.5) is 0 Å². The summed E-state index contributed by atoms with van der Waals surface area (Å²) in [6, 6.07) is 3.49. The van der Waals surface area contributed by atoms with E-state index in [0.717, 1.165) is 0 Å². The molecule has 0 atom stereocenters. The molecular formula is C13H18N2O3S. The highest BCUT2D eigenvalue weighted by molar-refractivity contribution is 7.98. The molecule has 1 rings (SSSR count). The van der Waals surface area contributed by atoms with E-state index in [0.29, 0.717) is 23.7 Å². The number of methoxy groups -OCH3 is 1. The van der Waals surface area contributed by atoms with Gasteiger partial charge in [0, 0.05) is 19.3 Å². The molecule has 0 bridgehead atoms. The third-order valence-electron chi connectivity index (χ3n) is 2.68. The summed E-state index contributed by atoms with van der Waals surface area (Å²) in [5.74, 6) is -0.425. The highest BCUT2D eigenvalue weighted by Gasteiger charge is 2.18. The molecule has 1 aromatic heterocycles. The monoisotopic (exact) mass is 282 g/mol. The number of rotatable bonds is 6. The van der Waals surface area contributed by atoms with Crippen molar-refractivity contribution in [1.29, 1.82) is 0 Å². The number of pyridine rings is 1. The lowest BCUT2D eigenvalue weighted by Gasteiger charge is -2.21. The van der Waals surface area contributed by atoms with Gasteiger partial charge < -0.3 is 9.64 Å². The second-order valence-electron chi connectivity index (χ2n) is 3.77. The minimum Gasteiger partial charge on any atom is -0.469 e. The Hall–Kier alpha value is -1.56. The molecule has 0 N–H and O–H groups in total. The maximum absolute atomic E-state index is 12.4. The zero-order chi connectivity index (χ0) is 14.3. The van der Waals surface area contributed by atoms with Gasteiger partial charge in [0.25, 0.3) is 5.91 Å². The number of amides is 1. The SMILES string of the molecule is CCN(CCC(=O)OC)C(=O)c1cccnc1SC. The van der Waals surface area contributed by atoms with Gasteiger partial charge in [0.05, 0.1) is 19.1 Å². The van der Waals surface area contributed by atoms with Crippen molar-refractivity contribution >= 4 is 23.6 Å². The molecule has 0 radical (unpaired) electrons. The van der Waals surface area contributed by atoms with E-state index < -0.39 is 0 Å². The van der Waals surface area contributed by atoms with Crippen LogP contribution in [0.3, 0.4) is 0 Å². The van der Waals surface area contributed by atoms with Gasteiger partial charge in [0.15, 0.2) is 0 Å². The predicted octanol–water partition coefficient (Wildman–Crippen LogP) is 1.83. The van der Waals surface area contributed by atoms with Crippen molar-refractivity contribution in [3.63, 3.8) is 0 Å². The first-order valence-electron chi connectivity index (χ1n) is 5.99. The van der Waals surface area contributed by atoms with E-state index >= 15 is 0 Å².